The third-order valence-corrected chi connectivity index (χ3v) is 5.15. The summed E-state index contributed by atoms with van der Waals surface area (Å²) in [5, 5.41) is 7.35. The molecule has 1 saturated heterocycles. The van der Waals surface area contributed by atoms with Crippen molar-refractivity contribution >= 4 is 35.2 Å². The summed E-state index contributed by atoms with van der Waals surface area (Å²) in [6.45, 7) is 2.63. The summed E-state index contributed by atoms with van der Waals surface area (Å²) in [5.74, 6) is 0.621. The Morgan fingerprint density at radius 3 is 2.92 bits per heavy atom. The molecule has 4 rings (SSSR count). The normalized spacial score (nSPS) is 26.4. The van der Waals surface area contributed by atoms with Gasteiger partial charge in [-0.15, -0.1) is 12.4 Å². The average molecular weight is 367 g/mol. The lowest BCUT2D eigenvalue weighted by Gasteiger charge is -2.33. The molecule has 1 aliphatic heterocycles. The van der Waals surface area contributed by atoms with E-state index in [-0.39, 0.29) is 12.4 Å². The van der Waals surface area contributed by atoms with Gasteiger partial charge in [-0.1, -0.05) is 6.42 Å². The Morgan fingerprint density at radius 1 is 1.28 bits per heavy atom. The highest BCUT2D eigenvalue weighted by Gasteiger charge is 2.34. The summed E-state index contributed by atoms with van der Waals surface area (Å²) in [7, 11) is 3.87. The van der Waals surface area contributed by atoms with Crippen LogP contribution >= 0.6 is 12.4 Å². The van der Waals surface area contributed by atoms with Crippen molar-refractivity contribution in [3.05, 3.63) is 18.2 Å². The number of morpholine rings is 1. The van der Waals surface area contributed by atoms with Crippen molar-refractivity contribution in [2.45, 2.75) is 31.3 Å². The first-order valence-electron chi connectivity index (χ1n) is 8.86. The van der Waals surface area contributed by atoms with Crippen LogP contribution in [0.5, 0.6) is 0 Å². The number of rotatable bonds is 4. The molecule has 3 atom stereocenters. The van der Waals surface area contributed by atoms with Gasteiger partial charge in [0, 0.05) is 38.4 Å². The van der Waals surface area contributed by atoms with Crippen molar-refractivity contribution in [1.82, 2.24) is 10.3 Å². The molecule has 0 amide bonds. The standard InChI is InChI=1S/C18H26N4O2.ClH/c1-22(2)18-21-15-10-12(6-7-17(15)24-18)20-14-5-3-4-13(14)16-11-23-9-8-19-16;/h6-7,10,13-14,16,19-20H,3-5,8-9,11H2,1-2H3;1H. The highest BCUT2D eigenvalue weighted by Crippen LogP contribution is 2.33. The molecule has 1 aromatic carbocycles. The van der Waals surface area contributed by atoms with E-state index in [1.807, 2.05) is 25.1 Å². The fourth-order valence-corrected chi connectivity index (χ4v) is 3.92. The Morgan fingerprint density at radius 2 is 2.16 bits per heavy atom. The van der Waals surface area contributed by atoms with Crippen molar-refractivity contribution in [2.75, 3.05) is 44.1 Å². The van der Waals surface area contributed by atoms with E-state index in [4.69, 9.17) is 9.15 Å². The minimum atomic E-state index is 0. The van der Waals surface area contributed by atoms with Crippen molar-refractivity contribution in [1.29, 1.82) is 0 Å². The zero-order valence-corrected chi connectivity index (χ0v) is 15.6. The minimum absolute atomic E-state index is 0. The van der Waals surface area contributed by atoms with Crippen molar-refractivity contribution in [3.8, 4) is 0 Å². The third-order valence-electron chi connectivity index (χ3n) is 5.15. The molecule has 138 valence electrons. The monoisotopic (exact) mass is 366 g/mol. The highest BCUT2D eigenvalue weighted by molar-refractivity contribution is 5.85. The van der Waals surface area contributed by atoms with Crippen LogP contribution < -0.4 is 15.5 Å². The third kappa shape index (κ3) is 3.86. The van der Waals surface area contributed by atoms with Crippen LogP contribution in [0.1, 0.15) is 19.3 Å². The molecule has 0 spiro atoms. The van der Waals surface area contributed by atoms with Gasteiger partial charge in [0.1, 0.15) is 5.52 Å². The molecule has 2 fully saturated rings. The van der Waals surface area contributed by atoms with Gasteiger partial charge in [-0.25, -0.2) is 0 Å². The lowest BCUT2D eigenvalue weighted by molar-refractivity contribution is 0.0559. The molecule has 7 heteroatoms. The first-order chi connectivity index (χ1) is 11.7. The van der Waals surface area contributed by atoms with E-state index in [0.717, 1.165) is 36.5 Å². The van der Waals surface area contributed by atoms with Gasteiger partial charge in [0.25, 0.3) is 6.01 Å². The predicted molar refractivity (Wildman–Crippen MR) is 103 cm³/mol. The van der Waals surface area contributed by atoms with Gasteiger partial charge in [0.2, 0.25) is 0 Å². The summed E-state index contributed by atoms with van der Waals surface area (Å²) >= 11 is 0. The fraction of sp³-hybridized carbons (Fsp3) is 0.611. The molecule has 0 radical (unpaired) electrons. The molecular weight excluding hydrogens is 340 g/mol. The van der Waals surface area contributed by atoms with Crippen LogP contribution in [-0.4, -0.2) is 50.9 Å². The molecule has 2 N–H and O–H groups in total. The zero-order valence-electron chi connectivity index (χ0n) is 14.8. The molecule has 2 aliphatic rings. The zero-order chi connectivity index (χ0) is 16.5. The number of nitrogens with zero attached hydrogens (tertiary/aromatic N) is 2. The van der Waals surface area contributed by atoms with E-state index in [0.29, 0.717) is 24.0 Å². The molecule has 6 nitrogen and oxygen atoms in total. The Bertz CT molecular complexity index is 699. The van der Waals surface area contributed by atoms with E-state index in [1.54, 1.807) is 0 Å². The largest absolute Gasteiger partial charge is 0.423 e. The smallest absolute Gasteiger partial charge is 0.297 e. The van der Waals surface area contributed by atoms with Crippen molar-refractivity contribution < 1.29 is 9.15 Å². The summed E-state index contributed by atoms with van der Waals surface area (Å²) in [4.78, 5) is 6.43. The number of halogens is 1. The number of ether oxygens (including phenoxy) is 1. The van der Waals surface area contributed by atoms with Crippen LogP contribution in [0, 0.1) is 5.92 Å². The van der Waals surface area contributed by atoms with Gasteiger partial charge in [0.05, 0.1) is 13.2 Å². The molecule has 25 heavy (non-hydrogen) atoms. The van der Waals surface area contributed by atoms with E-state index in [2.05, 4.69) is 27.8 Å². The van der Waals surface area contributed by atoms with Gasteiger partial charge in [0.15, 0.2) is 5.58 Å². The first kappa shape index (κ1) is 18.3. The molecule has 2 aromatic rings. The topological polar surface area (TPSA) is 62.6 Å². The number of nitrogens with one attached hydrogen (secondary N) is 2. The second-order valence-electron chi connectivity index (χ2n) is 7.05. The summed E-state index contributed by atoms with van der Waals surface area (Å²) < 4.78 is 11.4. The number of hydrogen-bond donors (Lipinski definition) is 2. The van der Waals surface area contributed by atoms with Gasteiger partial charge in [-0.2, -0.15) is 4.98 Å². The minimum Gasteiger partial charge on any atom is -0.423 e. The fourth-order valence-electron chi connectivity index (χ4n) is 3.92. The van der Waals surface area contributed by atoms with Gasteiger partial charge in [-0.05, 0) is 37.0 Å². The number of anilines is 2. The maximum absolute atomic E-state index is 5.73. The maximum atomic E-state index is 5.73. The summed E-state index contributed by atoms with van der Waals surface area (Å²) in [6.07, 6.45) is 3.75. The predicted octanol–water partition coefficient (Wildman–Crippen LogP) is 2.88. The summed E-state index contributed by atoms with van der Waals surface area (Å²) in [6, 6.07) is 7.78. The van der Waals surface area contributed by atoms with Crippen LogP contribution in [0.2, 0.25) is 0 Å². The van der Waals surface area contributed by atoms with E-state index in [1.165, 1.54) is 19.3 Å². The molecule has 1 aliphatic carbocycles. The number of hydrogen-bond acceptors (Lipinski definition) is 6. The quantitative estimate of drug-likeness (QED) is 0.867. The molecule has 1 saturated carbocycles. The Labute approximate surface area is 154 Å². The molecule has 1 aromatic heterocycles. The average Bonchev–Trinajstić information content (AvgIpc) is 3.22. The highest BCUT2D eigenvalue weighted by atomic mass is 35.5. The number of benzene rings is 1. The van der Waals surface area contributed by atoms with E-state index >= 15 is 0 Å². The lowest BCUT2D eigenvalue weighted by atomic mass is 9.94. The van der Waals surface area contributed by atoms with Crippen molar-refractivity contribution in [3.63, 3.8) is 0 Å². The molecule has 3 unspecified atom stereocenters. The van der Waals surface area contributed by atoms with Crippen LogP contribution in [-0.2, 0) is 4.74 Å². The first-order valence-corrected chi connectivity index (χ1v) is 8.86. The molecule has 2 heterocycles. The SMILES string of the molecule is CN(C)c1nc2cc(NC3CCCC3C3COCCN3)ccc2o1.Cl. The number of oxazole rings is 1. The Balaban J connectivity index is 0.00000182. The van der Waals surface area contributed by atoms with Crippen LogP contribution in [0.4, 0.5) is 11.7 Å². The van der Waals surface area contributed by atoms with Gasteiger partial charge >= 0.3 is 0 Å². The number of aromatic nitrogens is 1. The summed E-state index contributed by atoms with van der Waals surface area (Å²) in [5.41, 5.74) is 2.85. The van der Waals surface area contributed by atoms with Crippen LogP contribution in [0.15, 0.2) is 22.6 Å². The second-order valence-corrected chi connectivity index (χ2v) is 7.05. The molecular formula is C18H27ClN4O2. The van der Waals surface area contributed by atoms with E-state index in [9.17, 15) is 0 Å². The van der Waals surface area contributed by atoms with Crippen LogP contribution in [0.3, 0.4) is 0 Å². The van der Waals surface area contributed by atoms with Gasteiger partial charge < -0.3 is 24.7 Å². The molecule has 0 bridgehead atoms. The second kappa shape index (κ2) is 7.81. The Hall–Kier alpha value is -1.50. The van der Waals surface area contributed by atoms with Crippen molar-refractivity contribution in [2.24, 2.45) is 5.92 Å². The lowest BCUT2D eigenvalue weighted by Crippen LogP contribution is -2.49. The number of fused-ring (bicyclic) bond motifs is 1. The maximum Gasteiger partial charge on any atom is 0.297 e. The Kier molecular flexibility index (Phi) is 5.71. The van der Waals surface area contributed by atoms with Crippen LogP contribution in [0.25, 0.3) is 11.1 Å². The van der Waals surface area contributed by atoms with Gasteiger partial charge in [-0.3, -0.25) is 0 Å². The van der Waals surface area contributed by atoms with E-state index < -0.39 is 0 Å².